The molecule has 1 aromatic rings. The van der Waals surface area contributed by atoms with Crippen LogP contribution in [0.25, 0.3) is 0 Å². The van der Waals surface area contributed by atoms with E-state index in [1.165, 1.54) is 19.3 Å². The van der Waals surface area contributed by atoms with Crippen molar-refractivity contribution in [2.75, 3.05) is 0 Å². The highest BCUT2D eigenvalue weighted by atomic mass is 79.9. The van der Waals surface area contributed by atoms with Gasteiger partial charge in [0.25, 0.3) is 0 Å². The fourth-order valence-electron chi connectivity index (χ4n) is 3.19. The summed E-state index contributed by atoms with van der Waals surface area (Å²) in [6.45, 7) is 4.11. The molecule has 4 nitrogen and oxygen atoms in total. The molecule has 1 saturated carbocycles. The van der Waals surface area contributed by atoms with E-state index in [1.54, 1.807) is 4.90 Å². The van der Waals surface area contributed by atoms with Crippen molar-refractivity contribution >= 4 is 27.7 Å². The second kappa shape index (κ2) is 9.21. The molecule has 0 unspecified atom stereocenters. The minimum absolute atomic E-state index is 0.00118. The summed E-state index contributed by atoms with van der Waals surface area (Å²) in [5.74, 6) is -0.0417. The molecular weight excluding hydrogens is 368 g/mol. The maximum atomic E-state index is 12.6. The minimum Gasteiger partial charge on any atom is -0.352 e. The second-order valence-electron chi connectivity index (χ2n) is 6.52. The van der Waals surface area contributed by atoms with Gasteiger partial charge in [-0.25, -0.2) is 0 Å². The van der Waals surface area contributed by atoms with Crippen molar-refractivity contribution in [2.45, 2.75) is 71.0 Å². The first kappa shape index (κ1) is 19.0. The average molecular weight is 395 g/mol. The summed E-state index contributed by atoms with van der Waals surface area (Å²) in [5.41, 5.74) is 1.02. The largest absolute Gasteiger partial charge is 0.352 e. The van der Waals surface area contributed by atoms with Crippen LogP contribution in [0.15, 0.2) is 28.7 Å². The first-order valence-electron chi connectivity index (χ1n) is 8.85. The van der Waals surface area contributed by atoms with Crippen LogP contribution in [0.4, 0.5) is 0 Å². The predicted octanol–water partition coefficient (Wildman–Crippen LogP) is 4.03. The molecule has 0 radical (unpaired) electrons. The first-order chi connectivity index (χ1) is 11.5. The van der Waals surface area contributed by atoms with Crippen LogP contribution in [-0.4, -0.2) is 28.8 Å². The lowest BCUT2D eigenvalue weighted by Crippen LogP contribution is -2.50. The van der Waals surface area contributed by atoms with Crippen molar-refractivity contribution in [1.29, 1.82) is 0 Å². The number of carbonyl (C=O) groups excluding carboxylic acids is 2. The molecule has 1 fully saturated rings. The number of rotatable bonds is 6. The monoisotopic (exact) mass is 394 g/mol. The molecule has 5 heteroatoms. The molecule has 0 saturated heterocycles. The van der Waals surface area contributed by atoms with Crippen LogP contribution in [0, 0.1) is 0 Å². The lowest BCUT2D eigenvalue weighted by atomic mass is 9.95. The standard InChI is InChI=1S/C19H27BrN2O2/c1-3-18(23)22(13-15-8-7-9-16(20)12-15)14(2)19(24)21-17-10-5-4-6-11-17/h7-9,12,14,17H,3-6,10-11,13H2,1-2H3,(H,21,24)/t14-/m0/s1. The molecule has 2 rings (SSSR count). The maximum absolute atomic E-state index is 12.6. The summed E-state index contributed by atoms with van der Waals surface area (Å²) in [7, 11) is 0. The van der Waals surface area contributed by atoms with E-state index in [0.29, 0.717) is 13.0 Å². The zero-order chi connectivity index (χ0) is 17.5. The molecule has 1 N–H and O–H groups in total. The van der Waals surface area contributed by atoms with Gasteiger partial charge < -0.3 is 10.2 Å². The van der Waals surface area contributed by atoms with Crippen molar-refractivity contribution in [3.63, 3.8) is 0 Å². The number of nitrogens with zero attached hydrogens (tertiary/aromatic N) is 1. The van der Waals surface area contributed by atoms with Gasteiger partial charge in [-0.15, -0.1) is 0 Å². The molecule has 1 aromatic carbocycles. The molecule has 0 aromatic heterocycles. The Balaban J connectivity index is 2.05. The Morgan fingerprint density at radius 3 is 2.62 bits per heavy atom. The third-order valence-corrected chi connectivity index (χ3v) is 5.16. The summed E-state index contributed by atoms with van der Waals surface area (Å²) in [5, 5.41) is 3.13. The fourth-order valence-corrected chi connectivity index (χ4v) is 3.63. The molecule has 132 valence electrons. The van der Waals surface area contributed by atoms with Gasteiger partial charge >= 0.3 is 0 Å². The van der Waals surface area contributed by atoms with Gasteiger partial charge in [0.1, 0.15) is 6.04 Å². The van der Waals surface area contributed by atoms with E-state index in [1.807, 2.05) is 38.1 Å². The lowest BCUT2D eigenvalue weighted by Gasteiger charge is -2.31. The lowest BCUT2D eigenvalue weighted by molar-refractivity contribution is -0.140. The Labute approximate surface area is 153 Å². The average Bonchev–Trinajstić information content (AvgIpc) is 2.59. The molecule has 1 atom stereocenters. The number of amides is 2. The summed E-state index contributed by atoms with van der Waals surface area (Å²) in [6, 6.07) is 7.67. The van der Waals surface area contributed by atoms with Gasteiger partial charge in [0.2, 0.25) is 11.8 Å². The molecular formula is C19H27BrN2O2. The van der Waals surface area contributed by atoms with Crippen LogP contribution in [0.2, 0.25) is 0 Å². The van der Waals surface area contributed by atoms with Gasteiger partial charge in [-0.1, -0.05) is 54.2 Å². The molecule has 1 aliphatic carbocycles. The van der Waals surface area contributed by atoms with Crippen molar-refractivity contribution in [3.8, 4) is 0 Å². The van der Waals surface area contributed by atoms with E-state index in [9.17, 15) is 9.59 Å². The van der Waals surface area contributed by atoms with E-state index >= 15 is 0 Å². The zero-order valence-electron chi connectivity index (χ0n) is 14.6. The van der Waals surface area contributed by atoms with E-state index in [0.717, 1.165) is 22.9 Å². The van der Waals surface area contributed by atoms with Gasteiger partial charge in [0.05, 0.1) is 0 Å². The number of halogens is 1. The second-order valence-corrected chi connectivity index (χ2v) is 7.44. The number of hydrogen-bond acceptors (Lipinski definition) is 2. The predicted molar refractivity (Wildman–Crippen MR) is 99.5 cm³/mol. The van der Waals surface area contributed by atoms with Gasteiger partial charge in [-0.05, 0) is 37.5 Å². The fraction of sp³-hybridized carbons (Fsp3) is 0.579. The molecule has 0 bridgehead atoms. The van der Waals surface area contributed by atoms with Crippen LogP contribution >= 0.6 is 15.9 Å². The Bertz CT molecular complexity index is 570. The highest BCUT2D eigenvalue weighted by Gasteiger charge is 2.27. The van der Waals surface area contributed by atoms with E-state index in [2.05, 4.69) is 21.2 Å². The number of benzene rings is 1. The van der Waals surface area contributed by atoms with Crippen molar-refractivity contribution in [3.05, 3.63) is 34.3 Å². The van der Waals surface area contributed by atoms with E-state index < -0.39 is 6.04 Å². The highest BCUT2D eigenvalue weighted by molar-refractivity contribution is 9.10. The number of nitrogens with one attached hydrogen (secondary N) is 1. The van der Waals surface area contributed by atoms with E-state index in [-0.39, 0.29) is 17.9 Å². The molecule has 0 aliphatic heterocycles. The maximum Gasteiger partial charge on any atom is 0.242 e. The first-order valence-corrected chi connectivity index (χ1v) is 9.65. The Morgan fingerprint density at radius 1 is 1.29 bits per heavy atom. The van der Waals surface area contributed by atoms with Gasteiger partial charge in [-0.2, -0.15) is 0 Å². The van der Waals surface area contributed by atoms with Gasteiger partial charge in [0, 0.05) is 23.5 Å². The molecule has 1 aliphatic rings. The third kappa shape index (κ3) is 5.33. The Kier molecular flexibility index (Phi) is 7.28. The Hall–Kier alpha value is -1.36. The van der Waals surface area contributed by atoms with E-state index in [4.69, 9.17) is 0 Å². The third-order valence-electron chi connectivity index (χ3n) is 4.66. The topological polar surface area (TPSA) is 49.4 Å². The number of carbonyl (C=O) groups is 2. The van der Waals surface area contributed by atoms with Crippen LogP contribution in [-0.2, 0) is 16.1 Å². The van der Waals surface area contributed by atoms with Gasteiger partial charge in [0.15, 0.2) is 0 Å². The molecule has 0 heterocycles. The molecule has 0 spiro atoms. The van der Waals surface area contributed by atoms with Crippen molar-refractivity contribution in [1.82, 2.24) is 10.2 Å². The number of hydrogen-bond donors (Lipinski definition) is 1. The summed E-state index contributed by atoms with van der Waals surface area (Å²) >= 11 is 3.46. The smallest absolute Gasteiger partial charge is 0.242 e. The SMILES string of the molecule is CCC(=O)N(Cc1cccc(Br)c1)[C@@H](C)C(=O)NC1CCCCC1. The van der Waals surface area contributed by atoms with Crippen molar-refractivity contribution < 1.29 is 9.59 Å². The quantitative estimate of drug-likeness (QED) is 0.791. The zero-order valence-corrected chi connectivity index (χ0v) is 16.1. The van der Waals surface area contributed by atoms with Crippen LogP contribution in [0.3, 0.4) is 0 Å². The molecule has 24 heavy (non-hydrogen) atoms. The van der Waals surface area contributed by atoms with Crippen molar-refractivity contribution in [2.24, 2.45) is 0 Å². The van der Waals surface area contributed by atoms with Crippen LogP contribution in [0.1, 0.15) is 57.9 Å². The van der Waals surface area contributed by atoms with Crippen LogP contribution in [0.5, 0.6) is 0 Å². The summed E-state index contributed by atoms with van der Waals surface area (Å²) in [4.78, 5) is 26.7. The normalized spacial score (nSPS) is 16.5. The molecule has 2 amide bonds. The highest BCUT2D eigenvalue weighted by Crippen LogP contribution is 2.19. The van der Waals surface area contributed by atoms with Gasteiger partial charge in [-0.3, -0.25) is 9.59 Å². The Morgan fingerprint density at radius 2 is 2.00 bits per heavy atom. The van der Waals surface area contributed by atoms with Crippen LogP contribution < -0.4 is 5.32 Å². The summed E-state index contributed by atoms with van der Waals surface area (Å²) < 4.78 is 0.975. The minimum atomic E-state index is -0.460. The summed E-state index contributed by atoms with van der Waals surface area (Å²) in [6.07, 6.45) is 6.10.